The predicted octanol–water partition coefficient (Wildman–Crippen LogP) is 2.90. The van der Waals surface area contributed by atoms with Crippen molar-refractivity contribution < 1.29 is 19.4 Å². The van der Waals surface area contributed by atoms with E-state index in [4.69, 9.17) is 10.5 Å². The second-order valence-corrected chi connectivity index (χ2v) is 6.91. The number of rotatable bonds is 7. The van der Waals surface area contributed by atoms with Gasteiger partial charge in [-0.05, 0) is 39.3 Å². The van der Waals surface area contributed by atoms with Crippen LogP contribution in [0.2, 0.25) is 0 Å². The SMILES string of the molecule is CCCC(=O)NC(C)(C)COc1cccc2nc(C)c(C(=O)O)c(N)c12. The van der Waals surface area contributed by atoms with Gasteiger partial charge in [-0.15, -0.1) is 0 Å². The number of aryl methyl sites for hydroxylation is 1. The first-order valence-electron chi connectivity index (χ1n) is 8.52. The molecule has 0 aliphatic rings. The van der Waals surface area contributed by atoms with Crippen molar-refractivity contribution in [3.63, 3.8) is 0 Å². The van der Waals surface area contributed by atoms with E-state index in [2.05, 4.69) is 10.3 Å². The summed E-state index contributed by atoms with van der Waals surface area (Å²) in [6.07, 6.45) is 1.22. The topological polar surface area (TPSA) is 115 Å². The number of anilines is 1. The summed E-state index contributed by atoms with van der Waals surface area (Å²) in [6.45, 7) is 7.48. The van der Waals surface area contributed by atoms with Gasteiger partial charge in [-0.25, -0.2) is 4.79 Å². The van der Waals surface area contributed by atoms with Gasteiger partial charge in [0.05, 0.1) is 27.8 Å². The minimum Gasteiger partial charge on any atom is -0.490 e. The van der Waals surface area contributed by atoms with Gasteiger partial charge in [-0.1, -0.05) is 13.0 Å². The third kappa shape index (κ3) is 4.22. The lowest BCUT2D eigenvalue weighted by Gasteiger charge is -2.27. The lowest BCUT2D eigenvalue weighted by Crippen LogP contribution is -2.47. The maximum atomic E-state index is 11.8. The summed E-state index contributed by atoms with van der Waals surface area (Å²) in [4.78, 5) is 27.6. The highest BCUT2D eigenvalue weighted by molar-refractivity contribution is 6.06. The molecule has 0 bridgehead atoms. The van der Waals surface area contributed by atoms with Crippen molar-refractivity contribution in [2.45, 2.75) is 46.1 Å². The highest BCUT2D eigenvalue weighted by Gasteiger charge is 2.23. The van der Waals surface area contributed by atoms with E-state index in [-0.39, 0.29) is 23.8 Å². The maximum Gasteiger partial charge on any atom is 0.339 e. The number of nitrogens with zero attached hydrogens (tertiary/aromatic N) is 1. The van der Waals surface area contributed by atoms with Crippen LogP contribution in [0.25, 0.3) is 10.9 Å². The minimum absolute atomic E-state index is 0.0240. The van der Waals surface area contributed by atoms with E-state index < -0.39 is 11.5 Å². The number of carboxylic acid groups (broad SMARTS) is 1. The van der Waals surface area contributed by atoms with Crippen molar-refractivity contribution in [2.75, 3.05) is 12.3 Å². The Bertz CT molecular complexity index is 846. The van der Waals surface area contributed by atoms with Crippen LogP contribution in [0.1, 0.15) is 49.7 Å². The third-order valence-electron chi connectivity index (χ3n) is 3.95. The number of pyridine rings is 1. The summed E-state index contributed by atoms with van der Waals surface area (Å²) in [5.41, 5.74) is 6.55. The summed E-state index contributed by atoms with van der Waals surface area (Å²) in [6, 6.07) is 5.24. The number of ether oxygens (including phenoxy) is 1. The number of carbonyl (C=O) groups is 2. The number of carboxylic acids is 1. The van der Waals surface area contributed by atoms with E-state index in [0.29, 0.717) is 28.8 Å². The van der Waals surface area contributed by atoms with Crippen LogP contribution in [0.15, 0.2) is 18.2 Å². The molecule has 0 aliphatic carbocycles. The summed E-state index contributed by atoms with van der Waals surface area (Å²) in [5.74, 6) is -0.729. The van der Waals surface area contributed by atoms with Crippen LogP contribution in [0, 0.1) is 6.92 Å². The molecule has 0 fully saturated rings. The van der Waals surface area contributed by atoms with Crippen molar-refractivity contribution in [3.8, 4) is 5.75 Å². The molecular weight excluding hydrogens is 334 g/mol. The first kappa shape index (κ1) is 19.5. The van der Waals surface area contributed by atoms with Crippen molar-refractivity contribution >= 4 is 28.5 Å². The number of aromatic carboxylic acids is 1. The molecule has 4 N–H and O–H groups in total. The Labute approximate surface area is 152 Å². The molecular formula is C19H25N3O4. The van der Waals surface area contributed by atoms with Crippen molar-refractivity contribution in [1.29, 1.82) is 0 Å². The third-order valence-corrected chi connectivity index (χ3v) is 3.95. The fraction of sp³-hybridized carbons (Fsp3) is 0.421. The van der Waals surface area contributed by atoms with Gasteiger partial charge in [0.1, 0.15) is 17.9 Å². The first-order chi connectivity index (χ1) is 12.2. The molecule has 7 nitrogen and oxygen atoms in total. The number of hydrogen-bond donors (Lipinski definition) is 3. The van der Waals surface area contributed by atoms with Gasteiger partial charge < -0.3 is 20.9 Å². The van der Waals surface area contributed by atoms with Crippen LogP contribution < -0.4 is 15.8 Å². The van der Waals surface area contributed by atoms with Gasteiger partial charge in [0, 0.05) is 6.42 Å². The number of aromatic nitrogens is 1. The average molecular weight is 359 g/mol. The summed E-state index contributed by atoms with van der Waals surface area (Å²) in [7, 11) is 0. The molecule has 0 aliphatic heterocycles. The molecule has 0 unspecified atom stereocenters. The Morgan fingerprint density at radius 2 is 2.04 bits per heavy atom. The molecule has 0 atom stereocenters. The van der Waals surface area contributed by atoms with Gasteiger partial charge >= 0.3 is 5.97 Å². The van der Waals surface area contributed by atoms with Crippen LogP contribution in [0.5, 0.6) is 5.75 Å². The predicted molar refractivity (Wildman–Crippen MR) is 100 cm³/mol. The smallest absolute Gasteiger partial charge is 0.339 e. The van der Waals surface area contributed by atoms with E-state index in [9.17, 15) is 14.7 Å². The number of hydrogen-bond acceptors (Lipinski definition) is 5. The number of nitrogens with one attached hydrogen (secondary N) is 1. The molecule has 7 heteroatoms. The van der Waals surface area contributed by atoms with Crippen molar-refractivity contribution in [2.24, 2.45) is 0 Å². The molecule has 1 aromatic heterocycles. The van der Waals surface area contributed by atoms with Crippen LogP contribution in [0.4, 0.5) is 5.69 Å². The number of nitrogen functional groups attached to an aromatic ring is 1. The van der Waals surface area contributed by atoms with Crippen LogP contribution in [0.3, 0.4) is 0 Å². The monoisotopic (exact) mass is 359 g/mol. The van der Waals surface area contributed by atoms with E-state index in [1.54, 1.807) is 25.1 Å². The summed E-state index contributed by atoms with van der Waals surface area (Å²) in [5, 5.41) is 12.8. The zero-order chi connectivity index (χ0) is 19.5. The van der Waals surface area contributed by atoms with Gasteiger partial charge in [-0.3, -0.25) is 9.78 Å². The van der Waals surface area contributed by atoms with Crippen molar-refractivity contribution in [1.82, 2.24) is 10.3 Å². The van der Waals surface area contributed by atoms with Crippen LogP contribution >= 0.6 is 0 Å². The first-order valence-corrected chi connectivity index (χ1v) is 8.52. The number of benzene rings is 1. The number of nitrogens with two attached hydrogens (primary N) is 1. The molecule has 26 heavy (non-hydrogen) atoms. The van der Waals surface area contributed by atoms with Crippen LogP contribution in [-0.2, 0) is 4.79 Å². The molecule has 0 saturated carbocycles. The Kier molecular flexibility index (Phi) is 5.69. The summed E-state index contributed by atoms with van der Waals surface area (Å²) >= 11 is 0. The molecule has 140 valence electrons. The molecule has 1 heterocycles. The van der Waals surface area contributed by atoms with E-state index in [1.807, 2.05) is 20.8 Å². The van der Waals surface area contributed by atoms with Gasteiger partial charge in [-0.2, -0.15) is 0 Å². The lowest BCUT2D eigenvalue weighted by atomic mass is 10.0. The van der Waals surface area contributed by atoms with E-state index >= 15 is 0 Å². The number of amides is 1. The van der Waals surface area contributed by atoms with E-state index in [0.717, 1.165) is 6.42 Å². The Morgan fingerprint density at radius 1 is 1.35 bits per heavy atom. The highest BCUT2D eigenvalue weighted by Crippen LogP contribution is 2.33. The van der Waals surface area contributed by atoms with Crippen molar-refractivity contribution in [3.05, 3.63) is 29.5 Å². The van der Waals surface area contributed by atoms with Gasteiger partial charge in [0.15, 0.2) is 0 Å². The molecule has 1 amide bonds. The van der Waals surface area contributed by atoms with Gasteiger partial charge in [0.25, 0.3) is 0 Å². The highest BCUT2D eigenvalue weighted by atomic mass is 16.5. The lowest BCUT2D eigenvalue weighted by molar-refractivity contribution is -0.123. The molecule has 2 rings (SSSR count). The second-order valence-electron chi connectivity index (χ2n) is 6.91. The molecule has 0 spiro atoms. The van der Waals surface area contributed by atoms with E-state index in [1.165, 1.54) is 0 Å². The zero-order valence-corrected chi connectivity index (χ0v) is 15.5. The minimum atomic E-state index is -1.13. The standard InChI is InChI=1S/C19H25N3O4/c1-5-7-14(23)22-19(3,4)10-26-13-9-6-8-12-16(13)17(20)15(18(24)25)11(2)21-12/h6,8-9H,5,7,10H2,1-4H3,(H2,20,21)(H,22,23)(H,24,25). The summed E-state index contributed by atoms with van der Waals surface area (Å²) < 4.78 is 5.89. The number of carbonyl (C=O) groups excluding carboxylic acids is 1. The Morgan fingerprint density at radius 3 is 2.65 bits per heavy atom. The number of fused-ring (bicyclic) bond motifs is 1. The normalized spacial score (nSPS) is 11.4. The Balaban J connectivity index is 2.34. The quantitative estimate of drug-likeness (QED) is 0.700. The Hall–Kier alpha value is -2.83. The fourth-order valence-electron chi connectivity index (χ4n) is 2.79. The van der Waals surface area contributed by atoms with Gasteiger partial charge in [0.2, 0.25) is 5.91 Å². The second kappa shape index (κ2) is 7.59. The largest absolute Gasteiger partial charge is 0.490 e. The molecule has 2 aromatic rings. The molecule has 1 aromatic carbocycles. The molecule has 0 radical (unpaired) electrons. The van der Waals surface area contributed by atoms with Crippen LogP contribution in [-0.4, -0.2) is 34.1 Å². The zero-order valence-electron chi connectivity index (χ0n) is 15.5. The maximum absolute atomic E-state index is 11.8. The average Bonchev–Trinajstić information content (AvgIpc) is 2.51. The fourth-order valence-corrected chi connectivity index (χ4v) is 2.79. The molecule has 0 saturated heterocycles.